The number of carbonyl (C=O) groups excluding carboxylic acids is 1. The van der Waals surface area contributed by atoms with Gasteiger partial charge in [0.05, 0.1) is 6.67 Å². The molecule has 1 amide bonds. The highest BCUT2D eigenvalue weighted by Crippen LogP contribution is 2.06. The predicted molar refractivity (Wildman–Crippen MR) is 98.4 cm³/mol. The first-order chi connectivity index (χ1) is 11.2. The number of nitrogens with one attached hydrogen (secondary N) is 1. The van der Waals surface area contributed by atoms with E-state index in [1.165, 1.54) is 51.4 Å². The summed E-state index contributed by atoms with van der Waals surface area (Å²) in [5, 5.41) is 11.8. The van der Waals surface area contributed by atoms with E-state index in [9.17, 15) is 4.79 Å². The molecule has 0 spiro atoms. The van der Waals surface area contributed by atoms with Gasteiger partial charge in [-0.05, 0) is 32.4 Å². The van der Waals surface area contributed by atoms with Crippen molar-refractivity contribution in [1.29, 1.82) is 0 Å². The van der Waals surface area contributed by atoms with Crippen LogP contribution < -0.4 is 5.32 Å². The van der Waals surface area contributed by atoms with E-state index in [1.54, 1.807) is 0 Å². The average molecular weight is 329 g/mol. The highest BCUT2D eigenvalue weighted by atomic mass is 16.2. The first-order valence-electron chi connectivity index (χ1n) is 9.84. The molecule has 4 nitrogen and oxygen atoms in total. The summed E-state index contributed by atoms with van der Waals surface area (Å²) in [4.78, 5) is 14.1. The van der Waals surface area contributed by atoms with Crippen LogP contribution in [0.15, 0.2) is 0 Å². The second-order valence-corrected chi connectivity index (χ2v) is 6.48. The average Bonchev–Trinajstić information content (AvgIpc) is 2.56. The number of hydrogen-bond donors (Lipinski definition) is 2. The van der Waals surface area contributed by atoms with E-state index in [1.807, 2.05) is 0 Å². The van der Waals surface area contributed by atoms with Gasteiger partial charge in [-0.1, -0.05) is 65.2 Å². The summed E-state index contributed by atoms with van der Waals surface area (Å²) < 4.78 is 0. The van der Waals surface area contributed by atoms with Crippen LogP contribution in [0.2, 0.25) is 0 Å². The Hall–Kier alpha value is -0.610. The molecule has 0 atom stereocenters. The number of unbranched alkanes of at least 4 members (excludes halogenated alkanes) is 9. The van der Waals surface area contributed by atoms with E-state index in [-0.39, 0.29) is 5.91 Å². The summed E-state index contributed by atoms with van der Waals surface area (Å²) in [5.41, 5.74) is 0. The third kappa shape index (κ3) is 16.0. The van der Waals surface area contributed by atoms with Crippen LogP contribution >= 0.6 is 0 Å². The van der Waals surface area contributed by atoms with Gasteiger partial charge in [0, 0.05) is 13.0 Å². The molecule has 0 aliphatic heterocycles. The van der Waals surface area contributed by atoms with Gasteiger partial charge in [0.25, 0.3) is 0 Å². The minimum Gasteiger partial charge on any atom is -0.396 e. The molecule has 0 aromatic carbocycles. The van der Waals surface area contributed by atoms with Crippen LogP contribution in [0.1, 0.15) is 90.9 Å². The van der Waals surface area contributed by atoms with E-state index in [0.717, 1.165) is 32.4 Å². The van der Waals surface area contributed by atoms with Crippen molar-refractivity contribution in [3.05, 3.63) is 0 Å². The molecule has 0 heterocycles. The van der Waals surface area contributed by atoms with Gasteiger partial charge in [0.2, 0.25) is 5.91 Å². The van der Waals surface area contributed by atoms with E-state index in [4.69, 9.17) is 5.11 Å². The predicted octanol–water partition coefficient (Wildman–Crippen LogP) is 4.08. The van der Waals surface area contributed by atoms with Crippen LogP contribution in [0.3, 0.4) is 0 Å². The van der Waals surface area contributed by atoms with Crippen LogP contribution in [0.4, 0.5) is 0 Å². The molecule has 138 valence electrons. The zero-order chi connectivity index (χ0) is 17.2. The summed E-state index contributed by atoms with van der Waals surface area (Å²) in [6.45, 7) is 7.42. The summed E-state index contributed by atoms with van der Waals surface area (Å²) in [6.07, 6.45) is 13.6. The number of amides is 1. The lowest BCUT2D eigenvalue weighted by Crippen LogP contribution is -2.38. The van der Waals surface area contributed by atoms with Crippen molar-refractivity contribution in [2.45, 2.75) is 90.9 Å². The van der Waals surface area contributed by atoms with Crippen molar-refractivity contribution < 1.29 is 9.90 Å². The molecule has 2 N–H and O–H groups in total. The Morgan fingerprint density at radius 1 is 0.870 bits per heavy atom. The van der Waals surface area contributed by atoms with Crippen molar-refractivity contribution in [3.63, 3.8) is 0 Å². The van der Waals surface area contributed by atoms with Gasteiger partial charge in [0.1, 0.15) is 0 Å². The number of nitrogens with zero attached hydrogens (tertiary/aromatic N) is 1. The molecule has 0 rings (SSSR count). The van der Waals surface area contributed by atoms with Crippen LogP contribution in [0.25, 0.3) is 0 Å². The molecule has 0 aliphatic rings. The molecule has 0 aromatic rings. The van der Waals surface area contributed by atoms with Crippen molar-refractivity contribution in [3.8, 4) is 0 Å². The van der Waals surface area contributed by atoms with Crippen LogP contribution in [-0.4, -0.2) is 42.3 Å². The zero-order valence-corrected chi connectivity index (χ0v) is 15.6. The van der Waals surface area contributed by atoms with Gasteiger partial charge in [-0.3, -0.25) is 9.69 Å². The van der Waals surface area contributed by atoms with Crippen LogP contribution in [0.5, 0.6) is 0 Å². The van der Waals surface area contributed by atoms with Crippen molar-refractivity contribution in [2.75, 3.05) is 26.4 Å². The highest BCUT2D eigenvalue weighted by Gasteiger charge is 2.05. The van der Waals surface area contributed by atoms with Gasteiger partial charge in [-0.25, -0.2) is 0 Å². The minimum atomic E-state index is 0.198. The van der Waals surface area contributed by atoms with Crippen LogP contribution in [0, 0.1) is 0 Å². The largest absolute Gasteiger partial charge is 0.396 e. The number of rotatable bonds is 17. The SMILES string of the molecule is CCCCCCCC(=O)NCN(CC)CCCCCCCCO. The first-order valence-corrected chi connectivity index (χ1v) is 9.84. The molecule has 23 heavy (non-hydrogen) atoms. The minimum absolute atomic E-state index is 0.198. The maximum Gasteiger partial charge on any atom is 0.220 e. The number of aliphatic hydroxyl groups is 1. The second kappa shape index (κ2) is 17.7. The molecular weight excluding hydrogens is 288 g/mol. The summed E-state index contributed by atoms with van der Waals surface area (Å²) in [7, 11) is 0. The topological polar surface area (TPSA) is 52.6 Å². The van der Waals surface area contributed by atoms with Gasteiger partial charge in [0.15, 0.2) is 0 Å². The Kier molecular flexibility index (Phi) is 17.3. The first kappa shape index (κ1) is 22.4. The second-order valence-electron chi connectivity index (χ2n) is 6.48. The third-order valence-electron chi connectivity index (χ3n) is 4.34. The van der Waals surface area contributed by atoms with Crippen LogP contribution in [-0.2, 0) is 4.79 Å². The smallest absolute Gasteiger partial charge is 0.220 e. The normalized spacial score (nSPS) is 11.1. The maximum atomic E-state index is 11.8. The van der Waals surface area contributed by atoms with Gasteiger partial charge in [-0.15, -0.1) is 0 Å². The molecule has 0 saturated heterocycles. The van der Waals surface area contributed by atoms with Gasteiger partial charge >= 0.3 is 0 Å². The fourth-order valence-corrected chi connectivity index (χ4v) is 2.68. The third-order valence-corrected chi connectivity index (χ3v) is 4.34. The molecule has 0 unspecified atom stereocenters. The summed E-state index contributed by atoms with van der Waals surface area (Å²) in [5.74, 6) is 0.198. The number of aliphatic hydroxyl groups excluding tert-OH is 1. The number of hydrogen-bond acceptors (Lipinski definition) is 3. The van der Waals surface area contributed by atoms with Gasteiger partial charge in [-0.2, -0.15) is 0 Å². The standard InChI is InChI=1S/C19H40N2O2/c1-3-5-6-9-12-15-19(23)20-18-21(4-2)16-13-10-7-8-11-14-17-22/h22H,3-18H2,1-2H3,(H,20,23). The lowest BCUT2D eigenvalue weighted by molar-refractivity contribution is -0.121. The van der Waals surface area contributed by atoms with E-state index in [0.29, 0.717) is 19.7 Å². The Balaban J connectivity index is 3.51. The lowest BCUT2D eigenvalue weighted by Gasteiger charge is -2.20. The Morgan fingerprint density at radius 3 is 2.13 bits per heavy atom. The maximum absolute atomic E-state index is 11.8. The van der Waals surface area contributed by atoms with Crippen molar-refractivity contribution in [2.24, 2.45) is 0 Å². The summed E-state index contributed by atoms with van der Waals surface area (Å²) in [6, 6.07) is 0. The molecule has 0 fully saturated rings. The molecule has 4 heteroatoms. The zero-order valence-electron chi connectivity index (χ0n) is 15.6. The fourth-order valence-electron chi connectivity index (χ4n) is 2.68. The Morgan fingerprint density at radius 2 is 1.48 bits per heavy atom. The van der Waals surface area contributed by atoms with E-state index >= 15 is 0 Å². The molecule has 0 aliphatic carbocycles. The monoisotopic (exact) mass is 328 g/mol. The highest BCUT2D eigenvalue weighted by molar-refractivity contribution is 5.75. The molecule has 0 bridgehead atoms. The Labute approximate surface area is 144 Å². The molecular formula is C19H40N2O2. The van der Waals surface area contributed by atoms with E-state index in [2.05, 4.69) is 24.1 Å². The molecule has 0 aromatic heterocycles. The van der Waals surface area contributed by atoms with Crippen molar-refractivity contribution in [1.82, 2.24) is 10.2 Å². The Bertz CT molecular complexity index is 260. The quantitative estimate of drug-likeness (QED) is 0.312. The summed E-state index contributed by atoms with van der Waals surface area (Å²) >= 11 is 0. The molecule has 0 saturated carbocycles. The van der Waals surface area contributed by atoms with Crippen molar-refractivity contribution >= 4 is 5.91 Å². The van der Waals surface area contributed by atoms with Gasteiger partial charge < -0.3 is 10.4 Å². The lowest BCUT2D eigenvalue weighted by atomic mass is 10.1. The number of carbonyl (C=O) groups is 1. The van der Waals surface area contributed by atoms with E-state index < -0.39 is 0 Å². The molecule has 0 radical (unpaired) electrons. The fraction of sp³-hybridized carbons (Fsp3) is 0.947.